The molecule has 0 radical (unpaired) electrons. The number of hydrogen-bond acceptors (Lipinski definition) is 5. The zero-order chi connectivity index (χ0) is 21.4. The summed E-state index contributed by atoms with van der Waals surface area (Å²) in [5, 5.41) is 1.77. The van der Waals surface area contributed by atoms with Crippen molar-refractivity contribution in [1.82, 2.24) is 9.88 Å². The summed E-state index contributed by atoms with van der Waals surface area (Å²) in [6.07, 6.45) is 4.08. The molecule has 0 fully saturated rings. The largest absolute Gasteiger partial charge is 0.463 e. The van der Waals surface area contributed by atoms with Gasteiger partial charge in [0.15, 0.2) is 0 Å². The third-order valence-corrected chi connectivity index (χ3v) is 5.65. The Morgan fingerprint density at radius 1 is 1.13 bits per heavy atom. The molecule has 0 aliphatic heterocycles. The Bertz CT molecular complexity index is 1300. The Labute approximate surface area is 174 Å². The quantitative estimate of drug-likeness (QED) is 0.468. The molecule has 1 aromatic carbocycles. The topological polar surface area (TPSA) is 76.6 Å². The molecular formula is C24H24N2O4. The molecule has 3 heterocycles. The summed E-state index contributed by atoms with van der Waals surface area (Å²) in [6, 6.07) is 7.57. The Hall–Kier alpha value is -3.41. The predicted octanol–water partition coefficient (Wildman–Crippen LogP) is 4.10. The molecule has 0 aliphatic rings. The molecule has 0 aliphatic carbocycles. The Balaban J connectivity index is 1.65. The fraction of sp³-hybridized carbons (Fsp3) is 0.292. The number of hydrogen-bond donors (Lipinski definition) is 0. The average Bonchev–Trinajstić information content (AvgIpc) is 3.11. The van der Waals surface area contributed by atoms with E-state index in [4.69, 9.17) is 8.83 Å². The number of likely N-dealkylation sites (N-methyl/N-ethyl adjacent to an activating group) is 1. The van der Waals surface area contributed by atoms with Crippen LogP contribution in [0.25, 0.3) is 21.9 Å². The number of amides is 1. The zero-order valence-corrected chi connectivity index (χ0v) is 17.6. The molecule has 30 heavy (non-hydrogen) atoms. The summed E-state index contributed by atoms with van der Waals surface area (Å²) >= 11 is 0. The molecule has 0 bridgehead atoms. The summed E-state index contributed by atoms with van der Waals surface area (Å²) in [5.74, 6) is -0.139. The minimum absolute atomic E-state index is 0.0160. The van der Waals surface area contributed by atoms with E-state index in [0.717, 1.165) is 33.2 Å². The molecule has 3 aromatic heterocycles. The van der Waals surface area contributed by atoms with Crippen LogP contribution in [-0.4, -0.2) is 29.4 Å². The predicted molar refractivity (Wildman–Crippen MR) is 116 cm³/mol. The number of pyridine rings is 1. The van der Waals surface area contributed by atoms with Crippen molar-refractivity contribution in [3.05, 3.63) is 75.1 Å². The molecular weight excluding hydrogens is 380 g/mol. The number of rotatable bonds is 5. The summed E-state index contributed by atoms with van der Waals surface area (Å²) in [4.78, 5) is 31.4. The van der Waals surface area contributed by atoms with Gasteiger partial charge in [-0.25, -0.2) is 4.79 Å². The fourth-order valence-electron chi connectivity index (χ4n) is 3.92. The first kappa shape index (κ1) is 19.9. The van der Waals surface area contributed by atoms with Gasteiger partial charge in [-0.05, 0) is 55.7 Å². The number of carbonyl (C=O) groups is 1. The highest BCUT2D eigenvalue weighted by molar-refractivity contribution is 6.07. The molecule has 0 atom stereocenters. The summed E-state index contributed by atoms with van der Waals surface area (Å²) in [5.41, 5.74) is 4.74. The molecule has 0 saturated carbocycles. The van der Waals surface area contributed by atoms with E-state index in [1.807, 2.05) is 45.0 Å². The Kier molecular flexibility index (Phi) is 5.16. The summed E-state index contributed by atoms with van der Waals surface area (Å²) < 4.78 is 11.4. The summed E-state index contributed by atoms with van der Waals surface area (Å²) in [7, 11) is 1.74. The van der Waals surface area contributed by atoms with E-state index in [0.29, 0.717) is 29.7 Å². The highest BCUT2D eigenvalue weighted by Gasteiger charge is 2.21. The minimum Gasteiger partial charge on any atom is -0.463 e. The highest BCUT2D eigenvalue weighted by Crippen LogP contribution is 2.34. The lowest BCUT2D eigenvalue weighted by Gasteiger charge is -2.17. The van der Waals surface area contributed by atoms with Crippen LogP contribution < -0.4 is 5.63 Å². The minimum atomic E-state index is -0.478. The molecule has 0 N–H and O–H groups in total. The smallest absolute Gasteiger partial charge is 0.340 e. The first-order valence-corrected chi connectivity index (χ1v) is 9.94. The third-order valence-electron chi connectivity index (χ3n) is 5.65. The van der Waals surface area contributed by atoms with Crippen molar-refractivity contribution < 1.29 is 13.6 Å². The first-order valence-electron chi connectivity index (χ1n) is 9.94. The number of furan rings is 1. The fourth-order valence-corrected chi connectivity index (χ4v) is 3.92. The number of aromatic nitrogens is 1. The lowest BCUT2D eigenvalue weighted by atomic mass is 9.98. The van der Waals surface area contributed by atoms with Crippen molar-refractivity contribution in [3.8, 4) is 0 Å². The zero-order valence-electron chi connectivity index (χ0n) is 17.6. The molecule has 1 amide bonds. The van der Waals surface area contributed by atoms with Crippen LogP contribution >= 0.6 is 0 Å². The molecule has 154 valence electrons. The maximum Gasteiger partial charge on any atom is 0.340 e. The normalized spacial score (nSPS) is 11.3. The molecule has 4 aromatic rings. The van der Waals surface area contributed by atoms with Crippen molar-refractivity contribution in [3.63, 3.8) is 0 Å². The van der Waals surface area contributed by atoms with Crippen LogP contribution in [0.4, 0.5) is 0 Å². The number of aryl methyl sites for hydroxylation is 3. The van der Waals surface area contributed by atoms with Crippen LogP contribution in [0.3, 0.4) is 0 Å². The number of carbonyl (C=O) groups excluding carboxylic acids is 1. The number of fused-ring (bicyclic) bond motifs is 3. The SMILES string of the molecule is Cc1coc2c1c(C)cc1oc(=O)c(CC(=O)N(C)CCc3ccccn3)c(C)c12. The van der Waals surface area contributed by atoms with Gasteiger partial charge in [-0.3, -0.25) is 9.78 Å². The van der Waals surface area contributed by atoms with Crippen molar-refractivity contribution in [2.75, 3.05) is 13.6 Å². The lowest BCUT2D eigenvalue weighted by molar-refractivity contribution is -0.129. The van der Waals surface area contributed by atoms with Crippen LogP contribution in [-0.2, 0) is 17.6 Å². The number of benzene rings is 1. The second-order valence-electron chi connectivity index (χ2n) is 7.75. The van der Waals surface area contributed by atoms with E-state index in [1.54, 1.807) is 24.4 Å². The third kappa shape index (κ3) is 3.49. The molecule has 0 unspecified atom stereocenters. The van der Waals surface area contributed by atoms with E-state index in [1.165, 1.54) is 0 Å². The lowest BCUT2D eigenvalue weighted by Crippen LogP contribution is -2.32. The van der Waals surface area contributed by atoms with Crippen molar-refractivity contribution in [1.29, 1.82) is 0 Å². The van der Waals surface area contributed by atoms with Crippen LogP contribution in [0.15, 0.2) is 50.4 Å². The van der Waals surface area contributed by atoms with Crippen molar-refractivity contribution >= 4 is 27.8 Å². The second kappa shape index (κ2) is 7.78. The van der Waals surface area contributed by atoms with Crippen LogP contribution in [0.2, 0.25) is 0 Å². The van der Waals surface area contributed by atoms with E-state index in [-0.39, 0.29) is 12.3 Å². The van der Waals surface area contributed by atoms with Gasteiger partial charge in [-0.15, -0.1) is 0 Å². The average molecular weight is 404 g/mol. The Morgan fingerprint density at radius 3 is 2.67 bits per heavy atom. The monoisotopic (exact) mass is 404 g/mol. The van der Waals surface area contributed by atoms with Crippen molar-refractivity contribution in [2.45, 2.75) is 33.6 Å². The van der Waals surface area contributed by atoms with Gasteiger partial charge in [0, 0.05) is 37.3 Å². The van der Waals surface area contributed by atoms with Crippen LogP contribution in [0, 0.1) is 20.8 Å². The van der Waals surface area contributed by atoms with Crippen LogP contribution in [0.5, 0.6) is 0 Å². The summed E-state index contributed by atoms with van der Waals surface area (Å²) in [6.45, 7) is 6.32. The molecule has 6 heteroatoms. The van der Waals surface area contributed by atoms with E-state index >= 15 is 0 Å². The van der Waals surface area contributed by atoms with Crippen LogP contribution in [0.1, 0.15) is 27.9 Å². The maximum atomic E-state index is 12.8. The molecule has 0 saturated heterocycles. The van der Waals surface area contributed by atoms with Gasteiger partial charge in [0.1, 0.15) is 11.2 Å². The Morgan fingerprint density at radius 2 is 1.93 bits per heavy atom. The van der Waals surface area contributed by atoms with Gasteiger partial charge in [0.25, 0.3) is 0 Å². The maximum absolute atomic E-state index is 12.8. The van der Waals surface area contributed by atoms with Gasteiger partial charge in [0.05, 0.1) is 23.6 Å². The standard InChI is InChI=1S/C24H24N2O4/c1-14-11-19-22(23-21(14)15(2)13-29-23)16(3)18(24(28)30-19)12-20(27)26(4)10-8-17-7-5-6-9-25-17/h5-7,9,11,13H,8,10,12H2,1-4H3. The number of nitrogens with zero attached hydrogens (tertiary/aromatic N) is 2. The molecule has 4 rings (SSSR count). The van der Waals surface area contributed by atoms with Gasteiger partial charge >= 0.3 is 5.63 Å². The van der Waals surface area contributed by atoms with Gasteiger partial charge < -0.3 is 13.7 Å². The van der Waals surface area contributed by atoms with Gasteiger partial charge in [-0.1, -0.05) is 6.07 Å². The van der Waals surface area contributed by atoms with E-state index in [2.05, 4.69) is 4.98 Å². The second-order valence-corrected chi connectivity index (χ2v) is 7.75. The molecule has 0 spiro atoms. The first-order chi connectivity index (χ1) is 14.4. The van der Waals surface area contributed by atoms with Gasteiger partial charge in [0.2, 0.25) is 5.91 Å². The van der Waals surface area contributed by atoms with E-state index in [9.17, 15) is 9.59 Å². The molecule has 6 nitrogen and oxygen atoms in total. The highest BCUT2D eigenvalue weighted by atomic mass is 16.4. The van der Waals surface area contributed by atoms with Gasteiger partial charge in [-0.2, -0.15) is 0 Å². The van der Waals surface area contributed by atoms with Crippen molar-refractivity contribution in [2.24, 2.45) is 0 Å². The van der Waals surface area contributed by atoms with E-state index < -0.39 is 5.63 Å².